The molecule has 0 atom stereocenters. The molecular weight excluding hydrogens is 328 g/mol. The maximum absolute atomic E-state index is 12.2. The first-order chi connectivity index (χ1) is 9.63. The van der Waals surface area contributed by atoms with Crippen LogP contribution in [0.15, 0.2) is 29.1 Å². The maximum Gasteiger partial charge on any atom is 0.259 e. The Balaban J connectivity index is 1.85. The van der Waals surface area contributed by atoms with Crippen molar-refractivity contribution < 1.29 is 14.3 Å². The third-order valence-electron chi connectivity index (χ3n) is 2.65. The van der Waals surface area contributed by atoms with Crippen LogP contribution in [0.5, 0.6) is 11.5 Å². The smallest absolute Gasteiger partial charge is 0.259 e. The van der Waals surface area contributed by atoms with E-state index in [-0.39, 0.29) is 6.79 Å². The Morgan fingerprint density at radius 3 is 2.70 bits per heavy atom. The normalized spacial score (nSPS) is 12.2. The Kier molecular flexibility index (Phi) is 3.15. The van der Waals surface area contributed by atoms with Crippen molar-refractivity contribution in [3.63, 3.8) is 0 Å². The fraction of sp³-hybridized carbons (Fsp3) is 0.0833. The van der Waals surface area contributed by atoms with Gasteiger partial charge >= 0.3 is 0 Å². The van der Waals surface area contributed by atoms with Crippen LogP contribution in [0, 0.1) is 0 Å². The molecule has 3 N–H and O–H groups in total. The average Bonchev–Trinajstić information content (AvgIpc) is 2.87. The first-order valence-corrected chi connectivity index (χ1v) is 6.41. The number of hydrogen-bond acceptors (Lipinski definition) is 6. The second kappa shape index (κ2) is 4.97. The molecule has 20 heavy (non-hydrogen) atoms. The number of fused-ring (bicyclic) bond motifs is 1. The summed E-state index contributed by atoms with van der Waals surface area (Å²) >= 11 is 3.17. The maximum atomic E-state index is 12.2. The molecule has 0 saturated carbocycles. The monoisotopic (exact) mass is 336 g/mol. The Labute approximate surface area is 122 Å². The van der Waals surface area contributed by atoms with Gasteiger partial charge in [-0.05, 0) is 22.0 Å². The van der Waals surface area contributed by atoms with Crippen molar-refractivity contribution in [2.24, 2.45) is 0 Å². The summed E-state index contributed by atoms with van der Waals surface area (Å²) in [5.74, 6) is 0.960. The molecule has 0 bridgehead atoms. The zero-order valence-electron chi connectivity index (χ0n) is 10.1. The van der Waals surface area contributed by atoms with Gasteiger partial charge in [-0.2, -0.15) is 0 Å². The lowest BCUT2D eigenvalue weighted by Gasteiger charge is -2.07. The Hall–Kier alpha value is -2.35. The molecule has 0 spiro atoms. The zero-order valence-corrected chi connectivity index (χ0v) is 11.7. The number of amides is 1. The van der Waals surface area contributed by atoms with Gasteiger partial charge < -0.3 is 20.5 Å². The lowest BCUT2D eigenvalue weighted by molar-refractivity contribution is 0.102. The summed E-state index contributed by atoms with van der Waals surface area (Å²) in [5.41, 5.74) is 6.43. The minimum atomic E-state index is -0.391. The summed E-state index contributed by atoms with van der Waals surface area (Å²) in [7, 11) is 0. The number of ether oxygens (including phenoxy) is 2. The second-order valence-corrected chi connectivity index (χ2v) is 4.78. The number of halogens is 1. The van der Waals surface area contributed by atoms with Crippen LogP contribution in [-0.2, 0) is 0 Å². The summed E-state index contributed by atoms with van der Waals surface area (Å²) in [4.78, 5) is 20.1. The van der Waals surface area contributed by atoms with E-state index in [0.29, 0.717) is 33.2 Å². The highest BCUT2D eigenvalue weighted by Gasteiger charge is 2.20. The van der Waals surface area contributed by atoms with Crippen LogP contribution in [0.3, 0.4) is 0 Å². The molecule has 0 unspecified atom stereocenters. The van der Waals surface area contributed by atoms with Crippen molar-refractivity contribution in [1.29, 1.82) is 0 Å². The van der Waals surface area contributed by atoms with E-state index in [2.05, 4.69) is 31.2 Å². The number of hydrogen-bond donors (Lipinski definition) is 2. The first kappa shape index (κ1) is 12.7. The molecule has 8 heteroatoms. The first-order valence-electron chi connectivity index (χ1n) is 5.61. The quantitative estimate of drug-likeness (QED) is 0.811. The molecule has 0 aliphatic carbocycles. The van der Waals surface area contributed by atoms with E-state index in [4.69, 9.17) is 15.2 Å². The van der Waals surface area contributed by atoms with Gasteiger partial charge in [-0.1, -0.05) is 0 Å². The van der Waals surface area contributed by atoms with Crippen LogP contribution in [0.2, 0.25) is 0 Å². The lowest BCUT2D eigenvalue weighted by atomic mass is 10.1. The molecule has 0 saturated heterocycles. The van der Waals surface area contributed by atoms with Gasteiger partial charge in [0.05, 0.1) is 18.0 Å². The Bertz CT molecular complexity index is 675. The molecule has 1 aliphatic heterocycles. The third kappa shape index (κ3) is 2.37. The molecule has 1 aromatic carbocycles. The van der Waals surface area contributed by atoms with E-state index in [1.54, 1.807) is 12.1 Å². The number of carbonyl (C=O) groups excluding carboxylic acids is 1. The number of nitrogens with one attached hydrogen (secondary N) is 1. The third-order valence-corrected chi connectivity index (χ3v) is 3.06. The number of benzene rings is 1. The van der Waals surface area contributed by atoms with Crippen LogP contribution in [0.1, 0.15) is 10.4 Å². The number of anilines is 2. The van der Waals surface area contributed by atoms with Crippen molar-refractivity contribution in [2.75, 3.05) is 17.8 Å². The van der Waals surface area contributed by atoms with E-state index in [0.717, 1.165) is 0 Å². The van der Waals surface area contributed by atoms with Gasteiger partial charge in [-0.15, -0.1) is 0 Å². The largest absolute Gasteiger partial charge is 0.454 e. The van der Waals surface area contributed by atoms with Gasteiger partial charge in [0, 0.05) is 11.8 Å². The van der Waals surface area contributed by atoms with Gasteiger partial charge in [0.25, 0.3) is 5.91 Å². The van der Waals surface area contributed by atoms with Crippen LogP contribution >= 0.6 is 15.9 Å². The fourth-order valence-corrected chi connectivity index (χ4v) is 1.92. The molecule has 3 rings (SSSR count). The molecule has 2 aromatic rings. The van der Waals surface area contributed by atoms with Gasteiger partial charge in [0.2, 0.25) is 6.79 Å². The van der Waals surface area contributed by atoms with Gasteiger partial charge in [0.15, 0.2) is 17.3 Å². The highest BCUT2D eigenvalue weighted by molar-refractivity contribution is 9.10. The highest BCUT2D eigenvalue weighted by Crippen LogP contribution is 2.36. The molecular formula is C12H9BrN4O3. The second-order valence-electron chi connectivity index (χ2n) is 3.97. The topological polar surface area (TPSA) is 99.4 Å². The molecule has 1 aliphatic rings. The molecule has 102 valence electrons. The van der Waals surface area contributed by atoms with Gasteiger partial charge in [-0.3, -0.25) is 4.79 Å². The van der Waals surface area contributed by atoms with Crippen LogP contribution in [-0.4, -0.2) is 22.7 Å². The van der Waals surface area contributed by atoms with E-state index < -0.39 is 5.91 Å². The Morgan fingerprint density at radius 2 is 2.00 bits per heavy atom. The van der Waals surface area contributed by atoms with E-state index in [1.165, 1.54) is 12.4 Å². The minimum absolute atomic E-state index is 0.123. The number of nitrogens with two attached hydrogens (primary N) is 1. The Morgan fingerprint density at radius 1 is 1.25 bits per heavy atom. The van der Waals surface area contributed by atoms with E-state index in [1.807, 2.05) is 0 Å². The molecule has 7 nitrogen and oxygen atoms in total. The molecule has 1 amide bonds. The standard InChI is InChI=1S/C12H9BrN4O3/c13-10-3-16-11(4-15-10)17-12(18)6-1-8-9(2-7(6)14)20-5-19-8/h1-4H,5,14H2,(H,16,17,18). The number of rotatable bonds is 2. The lowest BCUT2D eigenvalue weighted by Crippen LogP contribution is -2.15. The summed E-state index contributed by atoms with van der Waals surface area (Å²) < 4.78 is 11.0. The van der Waals surface area contributed by atoms with Crippen LogP contribution < -0.4 is 20.5 Å². The van der Waals surface area contributed by atoms with Gasteiger partial charge in [0.1, 0.15) is 4.60 Å². The molecule has 2 heterocycles. The van der Waals surface area contributed by atoms with Crippen molar-refractivity contribution in [3.05, 3.63) is 34.7 Å². The number of aromatic nitrogens is 2. The number of nitrogens with zero attached hydrogens (tertiary/aromatic N) is 2. The van der Waals surface area contributed by atoms with Crippen LogP contribution in [0.25, 0.3) is 0 Å². The summed E-state index contributed by atoms with van der Waals surface area (Å²) in [6.45, 7) is 0.123. The molecule has 0 radical (unpaired) electrons. The molecule has 1 aromatic heterocycles. The summed E-state index contributed by atoms with van der Waals surface area (Å²) in [6.07, 6.45) is 2.92. The van der Waals surface area contributed by atoms with E-state index in [9.17, 15) is 4.79 Å². The molecule has 0 fully saturated rings. The van der Waals surface area contributed by atoms with Gasteiger partial charge in [-0.25, -0.2) is 9.97 Å². The number of nitrogen functional groups attached to an aromatic ring is 1. The van der Waals surface area contributed by atoms with Crippen molar-refractivity contribution in [2.45, 2.75) is 0 Å². The number of carbonyl (C=O) groups is 1. The summed E-state index contributed by atoms with van der Waals surface area (Å²) in [6, 6.07) is 3.10. The average molecular weight is 337 g/mol. The fourth-order valence-electron chi connectivity index (χ4n) is 1.71. The zero-order chi connectivity index (χ0) is 14.1. The van der Waals surface area contributed by atoms with Crippen molar-refractivity contribution in [1.82, 2.24) is 9.97 Å². The van der Waals surface area contributed by atoms with Crippen molar-refractivity contribution in [3.8, 4) is 11.5 Å². The predicted octanol–water partition coefficient (Wildman–Crippen LogP) is 1.80. The van der Waals surface area contributed by atoms with Crippen LogP contribution in [0.4, 0.5) is 11.5 Å². The highest BCUT2D eigenvalue weighted by atomic mass is 79.9. The van der Waals surface area contributed by atoms with E-state index >= 15 is 0 Å². The minimum Gasteiger partial charge on any atom is -0.454 e. The predicted molar refractivity (Wildman–Crippen MR) is 74.7 cm³/mol. The summed E-state index contributed by atoms with van der Waals surface area (Å²) in [5, 5.41) is 2.61. The van der Waals surface area contributed by atoms with Crippen molar-refractivity contribution >= 4 is 33.3 Å². The SMILES string of the molecule is Nc1cc2c(cc1C(=O)Nc1cnc(Br)cn1)OCO2.